The van der Waals surface area contributed by atoms with Gasteiger partial charge >= 0.3 is 0 Å². The number of thioether (sulfide) groups is 1. The average Bonchev–Trinajstić information content (AvgIpc) is 3.23. The number of carbonyl (C=O) groups is 1. The molecule has 3 rings (SSSR count). The van der Waals surface area contributed by atoms with Crippen molar-refractivity contribution >= 4 is 34.5 Å². The van der Waals surface area contributed by atoms with Crippen LogP contribution < -0.4 is 20.1 Å². The van der Waals surface area contributed by atoms with E-state index in [2.05, 4.69) is 34.6 Å². The van der Waals surface area contributed by atoms with Crippen LogP contribution >= 0.6 is 11.8 Å². The highest BCUT2D eigenvalue weighted by molar-refractivity contribution is 7.99. The molecule has 2 heterocycles. The molecular formula is C22H30N6O3S. The van der Waals surface area contributed by atoms with Crippen LogP contribution in [0, 0.1) is 0 Å². The molecule has 0 radical (unpaired) electrons. The van der Waals surface area contributed by atoms with Gasteiger partial charge in [0.2, 0.25) is 0 Å². The lowest BCUT2D eigenvalue weighted by Crippen LogP contribution is -2.28. The minimum atomic E-state index is -0.222. The molecular weight excluding hydrogens is 428 g/mol. The van der Waals surface area contributed by atoms with E-state index in [0.29, 0.717) is 30.2 Å². The van der Waals surface area contributed by atoms with Crippen LogP contribution in [0.1, 0.15) is 37.0 Å². The van der Waals surface area contributed by atoms with Crippen molar-refractivity contribution < 1.29 is 14.3 Å². The van der Waals surface area contributed by atoms with Gasteiger partial charge < -0.3 is 20.1 Å². The molecule has 0 aliphatic heterocycles. The van der Waals surface area contributed by atoms with E-state index in [-0.39, 0.29) is 5.91 Å². The van der Waals surface area contributed by atoms with E-state index in [0.717, 1.165) is 47.1 Å². The quantitative estimate of drug-likeness (QED) is 0.313. The molecule has 1 aromatic carbocycles. The van der Waals surface area contributed by atoms with Gasteiger partial charge in [0.1, 0.15) is 17.3 Å². The summed E-state index contributed by atoms with van der Waals surface area (Å²) in [7, 11) is 3.10. The SMILES string of the molecule is CCCNc1nc(SCCC)nc2c1cnn2CCNC(=O)c1ccc(OC)cc1OC. The van der Waals surface area contributed by atoms with Gasteiger partial charge in [0.15, 0.2) is 10.8 Å². The Balaban J connectivity index is 1.74. The minimum Gasteiger partial charge on any atom is -0.497 e. The Bertz CT molecular complexity index is 1060. The highest BCUT2D eigenvalue weighted by Gasteiger charge is 2.15. The highest BCUT2D eigenvalue weighted by Crippen LogP contribution is 2.26. The number of benzene rings is 1. The smallest absolute Gasteiger partial charge is 0.255 e. The number of rotatable bonds is 12. The number of fused-ring (bicyclic) bond motifs is 1. The molecule has 2 N–H and O–H groups in total. The molecule has 0 unspecified atom stereocenters. The lowest BCUT2D eigenvalue weighted by atomic mass is 10.1. The van der Waals surface area contributed by atoms with Crippen LogP contribution in [0.3, 0.4) is 0 Å². The number of carbonyl (C=O) groups excluding carboxylic acids is 1. The van der Waals surface area contributed by atoms with Crippen LogP contribution in [0.25, 0.3) is 11.0 Å². The van der Waals surface area contributed by atoms with Crippen LogP contribution in [0.15, 0.2) is 29.6 Å². The molecule has 0 saturated heterocycles. The third kappa shape index (κ3) is 5.61. The number of hydrogen-bond donors (Lipinski definition) is 2. The maximum Gasteiger partial charge on any atom is 0.255 e. The normalized spacial score (nSPS) is 10.9. The monoisotopic (exact) mass is 458 g/mol. The average molecular weight is 459 g/mol. The van der Waals surface area contributed by atoms with Gasteiger partial charge in [-0.1, -0.05) is 25.6 Å². The molecule has 1 amide bonds. The molecule has 0 saturated carbocycles. The molecule has 32 heavy (non-hydrogen) atoms. The Morgan fingerprint density at radius 3 is 2.69 bits per heavy atom. The molecule has 0 fully saturated rings. The van der Waals surface area contributed by atoms with E-state index in [1.54, 1.807) is 47.9 Å². The van der Waals surface area contributed by atoms with Crippen molar-refractivity contribution in [3.05, 3.63) is 30.0 Å². The van der Waals surface area contributed by atoms with Crippen LogP contribution in [0.4, 0.5) is 5.82 Å². The van der Waals surface area contributed by atoms with Crippen molar-refractivity contribution in [1.82, 2.24) is 25.1 Å². The third-order valence-corrected chi connectivity index (χ3v) is 5.77. The van der Waals surface area contributed by atoms with Crippen LogP contribution in [0.2, 0.25) is 0 Å². The Kier molecular flexibility index (Phi) is 8.55. The number of ether oxygens (including phenoxy) is 2. The van der Waals surface area contributed by atoms with Crippen molar-refractivity contribution in [3.8, 4) is 11.5 Å². The van der Waals surface area contributed by atoms with E-state index >= 15 is 0 Å². The molecule has 3 aromatic rings. The molecule has 9 nitrogen and oxygen atoms in total. The number of methoxy groups -OCH3 is 2. The van der Waals surface area contributed by atoms with E-state index in [1.807, 2.05) is 0 Å². The van der Waals surface area contributed by atoms with E-state index in [4.69, 9.17) is 14.5 Å². The summed E-state index contributed by atoms with van der Waals surface area (Å²) >= 11 is 1.63. The van der Waals surface area contributed by atoms with Gasteiger partial charge in [-0.05, 0) is 25.0 Å². The number of hydrogen-bond acceptors (Lipinski definition) is 8. The second-order valence-electron chi connectivity index (χ2n) is 7.06. The summed E-state index contributed by atoms with van der Waals surface area (Å²) in [6.45, 7) is 5.95. The fourth-order valence-corrected chi connectivity index (χ4v) is 3.79. The summed E-state index contributed by atoms with van der Waals surface area (Å²) in [5.41, 5.74) is 1.21. The second-order valence-corrected chi connectivity index (χ2v) is 8.12. The van der Waals surface area contributed by atoms with E-state index in [9.17, 15) is 4.79 Å². The Labute approximate surface area is 192 Å². The van der Waals surface area contributed by atoms with Crippen molar-refractivity contribution in [2.45, 2.75) is 38.4 Å². The summed E-state index contributed by atoms with van der Waals surface area (Å²) in [4.78, 5) is 22.0. The second kappa shape index (κ2) is 11.6. The first kappa shape index (κ1) is 23.6. The number of amides is 1. The first-order chi connectivity index (χ1) is 15.6. The molecule has 0 aliphatic rings. The van der Waals surface area contributed by atoms with Gasteiger partial charge in [-0.2, -0.15) is 5.10 Å². The third-order valence-electron chi connectivity index (χ3n) is 4.72. The Morgan fingerprint density at radius 1 is 1.12 bits per heavy atom. The molecule has 0 spiro atoms. The number of nitrogens with one attached hydrogen (secondary N) is 2. The van der Waals surface area contributed by atoms with Crippen molar-refractivity contribution in [3.63, 3.8) is 0 Å². The fourth-order valence-electron chi connectivity index (χ4n) is 3.09. The maximum atomic E-state index is 12.7. The zero-order valence-corrected chi connectivity index (χ0v) is 19.8. The molecule has 172 valence electrons. The van der Waals surface area contributed by atoms with E-state index in [1.165, 1.54) is 7.11 Å². The molecule has 2 aromatic heterocycles. The summed E-state index contributed by atoms with van der Waals surface area (Å²) in [6.07, 6.45) is 3.82. The largest absolute Gasteiger partial charge is 0.497 e. The summed E-state index contributed by atoms with van der Waals surface area (Å²) in [5, 5.41) is 12.4. The minimum absolute atomic E-state index is 0.222. The lowest BCUT2D eigenvalue weighted by molar-refractivity contribution is 0.0949. The fraction of sp³-hybridized carbons (Fsp3) is 0.455. The maximum absolute atomic E-state index is 12.7. The lowest BCUT2D eigenvalue weighted by Gasteiger charge is -2.11. The molecule has 0 atom stereocenters. The van der Waals surface area contributed by atoms with Crippen LogP contribution in [0.5, 0.6) is 11.5 Å². The van der Waals surface area contributed by atoms with Crippen molar-refractivity contribution in [2.24, 2.45) is 0 Å². The zero-order chi connectivity index (χ0) is 22.9. The zero-order valence-electron chi connectivity index (χ0n) is 19.0. The van der Waals surface area contributed by atoms with Crippen molar-refractivity contribution in [1.29, 1.82) is 0 Å². The van der Waals surface area contributed by atoms with E-state index < -0.39 is 0 Å². The molecule has 0 aliphatic carbocycles. The van der Waals surface area contributed by atoms with Gasteiger partial charge in [0.25, 0.3) is 5.91 Å². The number of nitrogens with zero attached hydrogens (tertiary/aromatic N) is 4. The Morgan fingerprint density at radius 2 is 1.97 bits per heavy atom. The van der Waals surface area contributed by atoms with Crippen LogP contribution in [-0.2, 0) is 6.54 Å². The van der Waals surface area contributed by atoms with Gasteiger partial charge in [0, 0.05) is 24.9 Å². The predicted octanol–water partition coefficient (Wildman–Crippen LogP) is 3.60. The standard InChI is InChI=1S/C22H30N6O3S/c1-5-9-23-19-17-14-25-28(20(17)27-22(26-19)32-12-6-2)11-10-24-21(29)16-8-7-15(30-3)13-18(16)31-4/h7-8,13-14H,5-6,9-12H2,1-4H3,(H,24,29)(H,23,26,27). The van der Waals surface area contributed by atoms with Gasteiger partial charge in [-0.25, -0.2) is 14.6 Å². The summed E-state index contributed by atoms with van der Waals surface area (Å²) in [6, 6.07) is 5.11. The summed E-state index contributed by atoms with van der Waals surface area (Å²) in [5.74, 6) is 2.62. The Hall–Kier alpha value is -3.01. The first-order valence-corrected chi connectivity index (χ1v) is 11.7. The molecule has 10 heteroatoms. The van der Waals surface area contributed by atoms with Crippen molar-refractivity contribution in [2.75, 3.05) is 38.4 Å². The number of anilines is 1. The summed E-state index contributed by atoms with van der Waals surface area (Å²) < 4.78 is 12.3. The topological polar surface area (TPSA) is 103 Å². The van der Waals surface area contributed by atoms with Gasteiger partial charge in [-0.3, -0.25) is 4.79 Å². The highest BCUT2D eigenvalue weighted by atomic mass is 32.2. The first-order valence-electron chi connectivity index (χ1n) is 10.7. The molecule has 0 bridgehead atoms. The number of aromatic nitrogens is 4. The van der Waals surface area contributed by atoms with Gasteiger partial charge in [-0.15, -0.1) is 0 Å². The predicted molar refractivity (Wildman–Crippen MR) is 127 cm³/mol. The van der Waals surface area contributed by atoms with Crippen LogP contribution in [-0.4, -0.2) is 58.7 Å². The van der Waals surface area contributed by atoms with Gasteiger partial charge in [0.05, 0.1) is 37.9 Å².